The van der Waals surface area contributed by atoms with Crippen molar-refractivity contribution in [2.45, 2.75) is 58.5 Å². The number of anilines is 1. The van der Waals surface area contributed by atoms with Crippen molar-refractivity contribution in [1.82, 2.24) is 5.32 Å². The standard InChI is InChI=1S/C23H31FN2O3S/c1-7-20(26(30(6,28)29)21-11-9-8-10-19(21)24)22(27)25-16(2)17-12-14-18(15-13-17)23(3,4)5/h8-16,20H,7H2,1-6H3,(H,25,27). The summed E-state index contributed by atoms with van der Waals surface area (Å²) in [4.78, 5) is 13.0. The lowest BCUT2D eigenvalue weighted by atomic mass is 9.86. The topological polar surface area (TPSA) is 66.5 Å². The maximum absolute atomic E-state index is 14.4. The van der Waals surface area contributed by atoms with Crippen LogP contribution in [0, 0.1) is 5.82 Å². The molecule has 0 aliphatic carbocycles. The van der Waals surface area contributed by atoms with Gasteiger partial charge in [0.1, 0.15) is 11.9 Å². The lowest BCUT2D eigenvalue weighted by Gasteiger charge is -2.31. The van der Waals surface area contributed by atoms with Gasteiger partial charge >= 0.3 is 0 Å². The molecule has 2 aromatic carbocycles. The van der Waals surface area contributed by atoms with E-state index in [-0.39, 0.29) is 23.6 Å². The van der Waals surface area contributed by atoms with E-state index >= 15 is 0 Å². The molecular formula is C23H31FN2O3S. The van der Waals surface area contributed by atoms with Crippen LogP contribution in [-0.2, 0) is 20.2 Å². The zero-order valence-electron chi connectivity index (χ0n) is 18.4. The van der Waals surface area contributed by atoms with Gasteiger partial charge in [0.15, 0.2) is 0 Å². The van der Waals surface area contributed by atoms with Crippen molar-refractivity contribution < 1.29 is 17.6 Å². The van der Waals surface area contributed by atoms with Gasteiger partial charge in [0.25, 0.3) is 0 Å². The molecule has 1 N–H and O–H groups in total. The third-order valence-corrected chi connectivity index (χ3v) is 6.22. The summed E-state index contributed by atoms with van der Waals surface area (Å²) in [6.07, 6.45) is 1.17. The molecule has 7 heteroatoms. The van der Waals surface area contributed by atoms with E-state index in [9.17, 15) is 17.6 Å². The van der Waals surface area contributed by atoms with Crippen molar-refractivity contribution in [3.8, 4) is 0 Å². The molecule has 30 heavy (non-hydrogen) atoms. The first-order valence-corrected chi connectivity index (χ1v) is 11.9. The second-order valence-corrected chi connectivity index (χ2v) is 10.4. The second-order valence-electron chi connectivity index (χ2n) is 8.54. The zero-order chi connectivity index (χ0) is 22.7. The lowest BCUT2D eigenvalue weighted by molar-refractivity contribution is -0.122. The molecule has 0 spiro atoms. The fraction of sp³-hybridized carbons (Fsp3) is 0.435. The highest BCUT2D eigenvalue weighted by Crippen LogP contribution is 2.27. The maximum atomic E-state index is 14.4. The third-order valence-electron chi connectivity index (χ3n) is 5.06. The highest BCUT2D eigenvalue weighted by molar-refractivity contribution is 7.92. The maximum Gasteiger partial charge on any atom is 0.244 e. The van der Waals surface area contributed by atoms with Crippen LogP contribution in [0.4, 0.5) is 10.1 Å². The molecule has 2 aromatic rings. The summed E-state index contributed by atoms with van der Waals surface area (Å²) in [5, 5.41) is 2.88. The molecular weight excluding hydrogens is 403 g/mol. The first-order chi connectivity index (χ1) is 13.9. The van der Waals surface area contributed by atoms with Gasteiger partial charge in [-0.3, -0.25) is 9.10 Å². The SMILES string of the molecule is CCC(C(=O)NC(C)c1ccc(C(C)(C)C)cc1)N(c1ccccc1F)S(C)(=O)=O. The number of rotatable bonds is 7. The van der Waals surface area contributed by atoms with E-state index in [1.165, 1.54) is 23.8 Å². The molecule has 0 bridgehead atoms. The predicted molar refractivity (Wildman–Crippen MR) is 120 cm³/mol. The molecule has 0 aromatic heterocycles. The minimum absolute atomic E-state index is 0.0219. The Kier molecular flexibility index (Phi) is 7.29. The van der Waals surface area contributed by atoms with Crippen LogP contribution in [-0.4, -0.2) is 26.6 Å². The number of hydrogen-bond donors (Lipinski definition) is 1. The molecule has 0 fully saturated rings. The fourth-order valence-electron chi connectivity index (χ4n) is 3.33. The fourth-order valence-corrected chi connectivity index (χ4v) is 4.54. The van der Waals surface area contributed by atoms with Crippen molar-refractivity contribution in [1.29, 1.82) is 0 Å². The Labute approximate surface area is 179 Å². The van der Waals surface area contributed by atoms with E-state index in [2.05, 4.69) is 26.1 Å². The van der Waals surface area contributed by atoms with E-state index in [1.807, 2.05) is 31.2 Å². The first-order valence-electron chi connectivity index (χ1n) is 10.0. The van der Waals surface area contributed by atoms with E-state index in [4.69, 9.17) is 0 Å². The number of carbonyl (C=O) groups is 1. The largest absolute Gasteiger partial charge is 0.348 e. The monoisotopic (exact) mass is 434 g/mol. The summed E-state index contributed by atoms with van der Waals surface area (Å²) in [7, 11) is -3.89. The molecule has 0 saturated carbocycles. The third kappa shape index (κ3) is 5.59. The Morgan fingerprint density at radius 3 is 2.13 bits per heavy atom. The first kappa shape index (κ1) is 23.9. The molecule has 2 unspecified atom stereocenters. The van der Waals surface area contributed by atoms with Crippen LogP contribution in [0.1, 0.15) is 58.2 Å². The van der Waals surface area contributed by atoms with Crippen molar-refractivity contribution >= 4 is 21.6 Å². The molecule has 0 aliphatic heterocycles. The summed E-state index contributed by atoms with van der Waals surface area (Å²) in [5.74, 6) is -1.17. The van der Waals surface area contributed by atoms with Gasteiger partial charge in [0.2, 0.25) is 15.9 Å². The Bertz CT molecular complexity index is 982. The average Bonchev–Trinajstić information content (AvgIpc) is 2.65. The number of amides is 1. The van der Waals surface area contributed by atoms with Gasteiger partial charge < -0.3 is 5.32 Å². The van der Waals surface area contributed by atoms with Crippen molar-refractivity contribution in [3.05, 3.63) is 65.5 Å². The van der Waals surface area contributed by atoms with Gasteiger partial charge in [-0.25, -0.2) is 12.8 Å². The summed E-state index contributed by atoms with van der Waals surface area (Å²) in [5.41, 5.74) is 1.97. The van der Waals surface area contributed by atoms with Crippen LogP contribution in [0.25, 0.3) is 0 Å². The number of hydrogen-bond acceptors (Lipinski definition) is 3. The van der Waals surface area contributed by atoms with Gasteiger partial charge in [0, 0.05) is 0 Å². The Morgan fingerprint density at radius 2 is 1.67 bits per heavy atom. The smallest absolute Gasteiger partial charge is 0.244 e. The molecule has 5 nitrogen and oxygen atoms in total. The van der Waals surface area contributed by atoms with Crippen LogP contribution in [0.15, 0.2) is 48.5 Å². The highest BCUT2D eigenvalue weighted by atomic mass is 32.2. The summed E-state index contributed by atoms with van der Waals surface area (Å²) < 4.78 is 40.1. The molecule has 0 saturated heterocycles. The number of para-hydroxylation sites is 1. The molecule has 164 valence electrons. The predicted octanol–water partition coefficient (Wildman–Crippen LogP) is 4.55. The van der Waals surface area contributed by atoms with Gasteiger partial charge in [0.05, 0.1) is 18.0 Å². The number of nitrogens with one attached hydrogen (secondary N) is 1. The van der Waals surface area contributed by atoms with Gasteiger partial charge in [-0.15, -0.1) is 0 Å². The molecule has 0 heterocycles. The summed E-state index contributed by atoms with van der Waals surface area (Å²) in [6.45, 7) is 9.92. The van der Waals surface area contributed by atoms with Crippen LogP contribution in [0.2, 0.25) is 0 Å². The number of carbonyl (C=O) groups excluding carboxylic acids is 1. The molecule has 0 aliphatic rings. The van der Waals surface area contributed by atoms with Gasteiger partial charge in [-0.1, -0.05) is 64.1 Å². The van der Waals surface area contributed by atoms with Crippen molar-refractivity contribution in [2.24, 2.45) is 0 Å². The normalized spacial score (nSPS) is 14.1. The van der Waals surface area contributed by atoms with E-state index < -0.39 is 27.8 Å². The van der Waals surface area contributed by atoms with Gasteiger partial charge in [-0.05, 0) is 42.0 Å². The number of halogens is 1. The van der Waals surface area contributed by atoms with Crippen molar-refractivity contribution in [3.63, 3.8) is 0 Å². The minimum atomic E-state index is -3.89. The Morgan fingerprint density at radius 1 is 1.10 bits per heavy atom. The van der Waals surface area contributed by atoms with Gasteiger partial charge in [-0.2, -0.15) is 0 Å². The Hall–Kier alpha value is -2.41. The lowest BCUT2D eigenvalue weighted by Crippen LogP contribution is -2.50. The van der Waals surface area contributed by atoms with E-state index in [1.54, 1.807) is 13.0 Å². The van der Waals surface area contributed by atoms with E-state index in [0.717, 1.165) is 16.1 Å². The van der Waals surface area contributed by atoms with Crippen LogP contribution in [0.3, 0.4) is 0 Å². The molecule has 0 radical (unpaired) electrons. The molecule has 1 amide bonds. The summed E-state index contributed by atoms with van der Waals surface area (Å²) in [6, 6.07) is 12.1. The van der Waals surface area contributed by atoms with Crippen LogP contribution in [0.5, 0.6) is 0 Å². The van der Waals surface area contributed by atoms with Crippen molar-refractivity contribution in [2.75, 3.05) is 10.6 Å². The number of sulfonamides is 1. The molecule has 2 atom stereocenters. The summed E-state index contributed by atoms with van der Waals surface area (Å²) >= 11 is 0. The van der Waals surface area contributed by atoms with Crippen LogP contribution >= 0.6 is 0 Å². The second kappa shape index (κ2) is 9.16. The quantitative estimate of drug-likeness (QED) is 0.695. The minimum Gasteiger partial charge on any atom is -0.348 e. The number of benzene rings is 2. The Balaban J connectivity index is 2.29. The van der Waals surface area contributed by atoms with Crippen LogP contribution < -0.4 is 9.62 Å². The highest BCUT2D eigenvalue weighted by Gasteiger charge is 2.33. The average molecular weight is 435 g/mol. The number of nitrogens with zero attached hydrogens (tertiary/aromatic N) is 1. The van der Waals surface area contributed by atoms with E-state index in [0.29, 0.717) is 0 Å². The molecule has 2 rings (SSSR count). The zero-order valence-corrected chi connectivity index (χ0v) is 19.3.